The Kier molecular flexibility index (Phi) is 3.52. The number of fused-ring (bicyclic) bond motifs is 1. The third-order valence-corrected chi connectivity index (χ3v) is 4.23. The van der Waals surface area contributed by atoms with Gasteiger partial charge in [-0.25, -0.2) is 4.39 Å². The molecule has 1 heterocycles. The van der Waals surface area contributed by atoms with Gasteiger partial charge in [-0.1, -0.05) is 33.6 Å². The molecule has 0 spiro atoms. The van der Waals surface area contributed by atoms with Gasteiger partial charge in [0.15, 0.2) is 0 Å². The molecule has 2 aromatic rings. The lowest BCUT2D eigenvalue weighted by molar-refractivity contribution is 0.0653. The van der Waals surface area contributed by atoms with Crippen LogP contribution < -0.4 is 4.74 Å². The number of aliphatic hydroxyl groups is 1. The van der Waals surface area contributed by atoms with Crippen LogP contribution in [0.4, 0.5) is 4.39 Å². The summed E-state index contributed by atoms with van der Waals surface area (Å²) in [7, 11) is 0. The molecule has 2 nitrogen and oxygen atoms in total. The Labute approximate surface area is 125 Å². The first-order valence-corrected chi connectivity index (χ1v) is 7.24. The minimum Gasteiger partial charge on any atom is -0.485 e. The lowest BCUT2D eigenvalue weighted by Crippen LogP contribution is -2.19. The molecule has 104 valence electrons. The quantitative estimate of drug-likeness (QED) is 0.833. The van der Waals surface area contributed by atoms with E-state index in [9.17, 15) is 9.50 Å². The molecule has 20 heavy (non-hydrogen) atoms. The predicted octanol–water partition coefficient (Wildman–Crippen LogP) is 4.45. The highest BCUT2D eigenvalue weighted by atomic mass is 79.9. The summed E-state index contributed by atoms with van der Waals surface area (Å²) in [5, 5.41) is 10.3. The van der Waals surface area contributed by atoms with Gasteiger partial charge in [0, 0.05) is 22.0 Å². The molecule has 0 radical (unpaired) electrons. The van der Waals surface area contributed by atoms with Gasteiger partial charge in [0.25, 0.3) is 0 Å². The summed E-state index contributed by atoms with van der Waals surface area (Å²) in [6.45, 7) is 1.98. The van der Waals surface area contributed by atoms with E-state index in [1.165, 1.54) is 12.1 Å². The summed E-state index contributed by atoms with van der Waals surface area (Å²) in [5.74, 6) is 0.392. The first-order chi connectivity index (χ1) is 9.54. The Morgan fingerprint density at radius 1 is 1.20 bits per heavy atom. The SMILES string of the molecule is Cc1ccc2c(c1)[C@H](O)CC(c1ccc(F)cc1Br)O2. The second kappa shape index (κ2) is 5.19. The Morgan fingerprint density at radius 3 is 2.75 bits per heavy atom. The number of ether oxygens (including phenoxy) is 1. The van der Waals surface area contributed by atoms with Crippen molar-refractivity contribution in [2.45, 2.75) is 25.6 Å². The van der Waals surface area contributed by atoms with Crippen LogP contribution >= 0.6 is 15.9 Å². The molecule has 0 bridgehead atoms. The fourth-order valence-corrected chi connectivity index (χ4v) is 3.13. The third-order valence-electron chi connectivity index (χ3n) is 3.54. The Bertz CT molecular complexity index is 657. The van der Waals surface area contributed by atoms with Gasteiger partial charge in [-0.05, 0) is 31.2 Å². The van der Waals surface area contributed by atoms with Gasteiger partial charge in [0.2, 0.25) is 0 Å². The number of aliphatic hydroxyl groups excluding tert-OH is 1. The van der Waals surface area contributed by atoms with Crippen molar-refractivity contribution in [3.05, 3.63) is 63.4 Å². The Hall–Kier alpha value is -1.39. The average Bonchev–Trinajstić information content (AvgIpc) is 2.39. The molecule has 2 aromatic carbocycles. The summed E-state index contributed by atoms with van der Waals surface area (Å²) in [6.07, 6.45) is -0.392. The fourth-order valence-electron chi connectivity index (χ4n) is 2.52. The molecule has 1 unspecified atom stereocenters. The van der Waals surface area contributed by atoms with Gasteiger partial charge in [0.05, 0.1) is 6.10 Å². The standard InChI is InChI=1S/C16H14BrFO2/c1-9-2-5-15-12(6-9)14(19)8-16(20-15)11-4-3-10(18)7-13(11)17/h2-7,14,16,19H,8H2,1H3/t14-,16?/m1/s1. The number of hydrogen-bond acceptors (Lipinski definition) is 2. The molecule has 0 saturated carbocycles. The van der Waals surface area contributed by atoms with Crippen LogP contribution in [0.2, 0.25) is 0 Å². The maximum atomic E-state index is 13.2. The number of aryl methyl sites for hydroxylation is 1. The van der Waals surface area contributed by atoms with E-state index >= 15 is 0 Å². The van der Waals surface area contributed by atoms with Crippen LogP contribution in [0.25, 0.3) is 0 Å². The van der Waals surface area contributed by atoms with Gasteiger partial charge in [-0.3, -0.25) is 0 Å². The van der Waals surface area contributed by atoms with Crippen molar-refractivity contribution in [1.82, 2.24) is 0 Å². The second-order valence-corrected chi connectivity index (χ2v) is 5.92. The molecule has 1 aliphatic rings. The van der Waals surface area contributed by atoms with Crippen molar-refractivity contribution >= 4 is 15.9 Å². The molecule has 0 fully saturated rings. The number of halogens is 2. The molecule has 3 rings (SSSR count). The Balaban J connectivity index is 1.97. The highest BCUT2D eigenvalue weighted by Gasteiger charge is 2.29. The maximum Gasteiger partial charge on any atom is 0.128 e. The van der Waals surface area contributed by atoms with Crippen LogP contribution in [0.5, 0.6) is 5.75 Å². The maximum absolute atomic E-state index is 13.2. The van der Waals surface area contributed by atoms with E-state index in [1.807, 2.05) is 25.1 Å². The van der Waals surface area contributed by atoms with Crippen molar-refractivity contribution in [2.24, 2.45) is 0 Å². The van der Waals surface area contributed by atoms with Crippen molar-refractivity contribution in [3.63, 3.8) is 0 Å². The lowest BCUT2D eigenvalue weighted by atomic mass is 9.94. The van der Waals surface area contributed by atoms with E-state index in [-0.39, 0.29) is 11.9 Å². The van der Waals surface area contributed by atoms with Crippen LogP contribution in [0.1, 0.15) is 35.3 Å². The summed E-state index contributed by atoms with van der Waals surface area (Å²) in [5.41, 5.74) is 2.75. The zero-order valence-corrected chi connectivity index (χ0v) is 12.5. The Morgan fingerprint density at radius 2 is 2.00 bits per heavy atom. The first-order valence-electron chi connectivity index (χ1n) is 6.45. The van der Waals surface area contributed by atoms with Gasteiger partial charge < -0.3 is 9.84 Å². The zero-order valence-electron chi connectivity index (χ0n) is 10.9. The third kappa shape index (κ3) is 2.45. The largest absolute Gasteiger partial charge is 0.485 e. The molecule has 4 heteroatoms. The van der Waals surface area contributed by atoms with Crippen LogP contribution in [0.15, 0.2) is 40.9 Å². The van der Waals surface area contributed by atoms with E-state index < -0.39 is 6.10 Å². The minimum absolute atomic E-state index is 0.282. The summed E-state index contributed by atoms with van der Waals surface area (Å²) in [4.78, 5) is 0. The molecular formula is C16H14BrFO2. The van der Waals surface area contributed by atoms with Crippen LogP contribution in [-0.2, 0) is 0 Å². The minimum atomic E-state index is -0.569. The molecule has 0 saturated heterocycles. The van der Waals surface area contributed by atoms with Crippen molar-refractivity contribution in [3.8, 4) is 5.75 Å². The second-order valence-electron chi connectivity index (χ2n) is 5.07. The molecular weight excluding hydrogens is 323 g/mol. The molecule has 2 atom stereocenters. The molecule has 0 amide bonds. The number of hydrogen-bond donors (Lipinski definition) is 1. The van der Waals surface area contributed by atoms with E-state index in [4.69, 9.17) is 4.74 Å². The van der Waals surface area contributed by atoms with Crippen molar-refractivity contribution < 1.29 is 14.2 Å². The lowest BCUT2D eigenvalue weighted by Gasteiger charge is -2.30. The van der Waals surface area contributed by atoms with Gasteiger partial charge in [-0.2, -0.15) is 0 Å². The molecule has 0 aliphatic carbocycles. The summed E-state index contributed by atoms with van der Waals surface area (Å²) < 4.78 is 19.8. The molecule has 1 N–H and O–H groups in total. The fraction of sp³-hybridized carbons (Fsp3) is 0.250. The smallest absolute Gasteiger partial charge is 0.128 e. The normalized spacial score (nSPS) is 21.2. The highest BCUT2D eigenvalue weighted by molar-refractivity contribution is 9.10. The van der Waals surface area contributed by atoms with Crippen molar-refractivity contribution in [1.29, 1.82) is 0 Å². The molecule has 1 aliphatic heterocycles. The predicted molar refractivity (Wildman–Crippen MR) is 78.2 cm³/mol. The van der Waals surface area contributed by atoms with Gasteiger partial charge in [0.1, 0.15) is 17.7 Å². The summed E-state index contributed by atoms with van der Waals surface area (Å²) in [6, 6.07) is 10.3. The van der Waals surface area contributed by atoms with Crippen LogP contribution in [0.3, 0.4) is 0 Å². The monoisotopic (exact) mass is 336 g/mol. The van der Waals surface area contributed by atoms with E-state index in [1.54, 1.807) is 6.07 Å². The van der Waals surface area contributed by atoms with Crippen LogP contribution in [-0.4, -0.2) is 5.11 Å². The van der Waals surface area contributed by atoms with E-state index in [0.717, 1.165) is 16.7 Å². The highest BCUT2D eigenvalue weighted by Crippen LogP contribution is 2.42. The van der Waals surface area contributed by atoms with E-state index in [0.29, 0.717) is 16.6 Å². The number of benzene rings is 2. The topological polar surface area (TPSA) is 29.5 Å². The van der Waals surface area contributed by atoms with Gasteiger partial charge >= 0.3 is 0 Å². The molecule has 0 aromatic heterocycles. The zero-order chi connectivity index (χ0) is 14.3. The van der Waals surface area contributed by atoms with Crippen molar-refractivity contribution in [2.75, 3.05) is 0 Å². The summed E-state index contributed by atoms with van der Waals surface area (Å²) >= 11 is 3.35. The number of rotatable bonds is 1. The van der Waals surface area contributed by atoms with Gasteiger partial charge in [-0.15, -0.1) is 0 Å². The average molecular weight is 337 g/mol. The van der Waals surface area contributed by atoms with E-state index in [2.05, 4.69) is 15.9 Å². The van der Waals surface area contributed by atoms with Crippen LogP contribution in [0, 0.1) is 12.7 Å². The first kappa shape index (κ1) is 13.6.